The van der Waals surface area contributed by atoms with Gasteiger partial charge in [-0.05, 0) is 70.6 Å². The Balaban J connectivity index is 3.95. The van der Waals surface area contributed by atoms with Crippen molar-refractivity contribution in [1.82, 2.24) is 0 Å². The molecule has 0 aromatic rings. The van der Waals surface area contributed by atoms with E-state index in [9.17, 15) is 14.3 Å². The van der Waals surface area contributed by atoms with E-state index in [1.165, 1.54) is 0 Å². The van der Waals surface area contributed by atoms with Gasteiger partial charge >= 0.3 is 13.8 Å². The monoisotopic (exact) mass is 705 g/mol. The molecular weight excluding hydrogens is 637 g/mol. The molecule has 2 unspecified atom stereocenters. The molecule has 49 heavy (non-hydrogen) atoms. The van der Waals surface area contributed by atoms with Crippen LogP contribution in [-0.2, 0) is 27.9 Å². The number of allylic oxidation sites excluding steroid dienone is 14. The Bertz CT molecular complexity index is 1020. The molecule has 0 saturated heterocycles. The zero-order valence-electron chi connectivity index (χ0n) is 30.6. The van der Waals surface area contributed by atoms with Crippen molar-refractivity contribution in [2.75, 3.05) is 33.0 Å². The van der Waals surface area contributed by atoms with E-state index in [2.05, 4.69) is 98.9 Å². The number of unbranched alkanes of at least 4 members (excludes halogenated alkanes) is 7. The summed E-state index contributed by atoms with van der Waals surface area (Å²) >= 11 is 0. The lowest BCUT2D eigenvalue weighted by Gasteiger charge is -2.20. The fraction of sp³-hybridized carbons (Fsp3) is 0.625. The predicted molar refractivity (Wildman–Crippen MR) is 205 cm³/mol. The highest BCUT2D eigenvalue weighted by Gasteiger charge is 2.25. The minimum Gasteiger partial charge on any atom is -0.457 e. The van der Waals surface area contributed by atoms with E-state index in [4.69, 9.17) is 24.3 Å². The van der Waals surface area contributed by atoms with Gasteiger partial charge in [0.2, 0.25) is 0 Å². The molecule has 2 atom stereocenters. The van der Waals surface area contributed by atoms with Crippen molar-refractivity contribution in [1.29, 1.82) is 0 Å². The highest BCUT2D eigenvalue weighted by Crippen LogP contribution is 2.43. The summed E-state index contributed by atoms with van der Waals surface area (Å²) in [5, 5.41) is 0. The first-order valence-corrected chi connectivity index (χ1v) is 20.1. The van der Waals surface area contributed by atoms with E-state index in [1.54, 1.807) is 0 Å². The van der Waals surface area contributed by atoms with Gasteiger partial charge in [-0.3, -0.25) is 13.8 Å². The topological polar surface area (TPSA) is 117 Å². The molecule has 0 radical (unpaired) electrons. The summed E-state index contributed by atoms with van der Waals surface area (Å²) in [5.41, 5.74) is 5.32. The number of hydrogen-bond donors (Lipinski definition) is 2. The van der Waals surface area contributed by atoms with Gasteiger partial charge in [0, 0.05) is 19.6 Å². The Morgan fingerprint density at radius 1 is 0.633 bits per heavy atom. The predicted octanol–water partition coefficient (Wildman–Crippen LogP) is 10.6. The minimum absolute atomic E-state index is 0.0911. The summed E-state index contributed by atoms with van der Waals surface area (Å²) in [4.78, 5) is 22.0. The highest BCUT2D eigenvalue weighted by molar-refractivity contribution is 7.47. The van der Waals surface area contributed by atoms with E-state index in [-0.39, 0.29) is 32.3 Å². The molecule has 0 aliphatic carbocycles. The molecule has 280 valence electrons. The van der Waals surface area contributed by atoms with E-state index in [1.807, 2.05) is 0 Å². The van der Waals surface area contributed by atoms with Crippen molar-refractivity contribution >= 4 is 13.8 Å². The third-order valence-electron chi connectivity index (χ3n) is 7.08. The van der Waals surface area contributed by atoms with Crippen LogP contribution in [0.25, 0.3) is 0 Å². The zero-order chi connectivity index (χ0) is 35.9. The standard InChI is InChI=1S/C40H68NO7P/c1-3-5-7-9-10-11-12-13-14-15-16-17-18-19-20-21-22-23-24-25-26-27-28-29-30-32-35-45-37-39(38-47-49(43,44)46-36-34-41)48-40(42)33-31-8-6-4-2/h5,7,10-11,13-14,16-17,19-20,22-23,25-26,39H,3-4,6,8-9,12,15,18,21,24,27-38,41H2,1-2H3,(H,43,44)/b7-5-,11-10-,14-13-,17-16-,20-19-,23-22-,26-25-. The zero-order valence-corrected chi connectivity index (χ0v) is 31.5. The molecule has 9 heteroatoms. The molecular formula is C40H68NO7P. The molecule has 3 N–H and O–H groups in total. The molecule has 0 saturated carbocycles. The Labute approximate surface area is 298 Å². The van der Waals surface area contributed by atoms with Crippen LogP contribution >= 0.6 is 7.82 Å². The third kappa shape index (κ3) is 36.8. The van der Waals surface area contributed by atoms with E-state index in [0.717, 1.165) is 103 Å². The number of phosphoric ester groups is 1. The molecule has 8 nitrogen and oxygen atoms in total. The lowest BCUT2D eigenvalue weighted by atomic mass is 10.1. The van der Waals surface area contributed by atoms with E-state index >= 15 is 0 Å². The van der Waals surface area contributed by atoms with Gasteiger partial charge in [0.15, 0.2) is 0 Å². The van der Waals surface area contributed by atoms with Gasteiger partial charge < -0.3 is 20.1 Å². The number of nitrogens with two attached hydrogens (primary N) is 1. The summed E-state index contributed by atoms with van der Waals surface area (Å²) in [6.45, 7) is 4.57. The first-order valence-electron chi connectivity index (χ1n) is 18.6. The smallest absolute Gasteiger partial charge is 0.457 e. The maximum absolute atomic E-state index is 12.2. The van der Waals surface area contributed by atoms with Crippen molar-refractivity contribution in [3.05, 3.63) is 85.1 Å². The van der Waals surface area contributed by atoms with E-state index < -0.39 is 13.9 Å². The number of carbonyl (C=O) groups excluding carboxylic acids is 1. The largest absolute Gasteiger partial charge is 0.472 e. The van der Waals surface area contributed by atoms with Crippen molar-refractivity contribution in [3.8, 4) is 0 Å². The van der Waals surface area contributed by atoms with Crippen molar-refractivity contribution in [2.45, 2.75) is 129 Å². The fourth-order valence-corrected chi connectivity index (χ4v) is 5.15. The molecule has 0 spiro atoms. The van der Waals surface area contributed by atoms with Crippen LogP contribution in [0.5, 0.6) is 0 Å². The summed E-state index contributed by atoms with van der Waals surface area (Å²) in [7, 11) is -4.27. The average Bonchev–Trinajstić information content (AvgIpc) is 3.09. The molecule has 0 heterocycles. The molecule has 0 aliphatic rings. The van der Waals surface area contributed by atoms with E-state index in [0.29, 0.717) is 13.0 Å². The normalized spacial score (nSPS) is 14.6. The maximum Gasteiger partial charge on any atom is 0.472 e. The van der Waals surface area contributed by atoms with Crippen LogP contribution in [0, 0.1) is 0 Å². The molecule has 0 aromatic carbocycles. The molecule has 0 rings (SSSR count). The fourth-order valence-electron chi connectivity index (χ4n) is 4.39. The molecule has 0 fully saturated rings. The molecule has 0 aliphatic heterocycles. The second-order valence-electron chi connectivity index (χ2n) is 11.7. The first-order chi connectivity index (χ1) is 23.9. The SMILES string of the molecule is CC/C=C\C/C=C\C/C=C\C/C=C\C/C=C\C/C=C\C/C=C\CCCCCCOCC(COP(=O)(O)OCCN)OC(=O)CCCCCC. The van der Waals surface area contributed by atoms with Gasteiger partial charge in [0.25, 0.3) is 0 Å². The lowest BCUT2D eigenvalue weighted by Crippen LogP contribution is -2.28. The quantitative estimate of drug-likeness (QED) is 0.0294. The van der Waals surface area contributed by atoms with Crippen molar-refractivity contribution in [3.63, 3.8) is 0 Å². The second-order valence-corrected chi connectivity index (χ2v) is 13.2. The van der Waals surface area contributed by atoms with Crippen LogP contribution in [0.4, 0.5) is 0 Å². The van der Waals surface area contributed by atoms with Gasteiger partial charge in [-0.15, -0.1) is 0 Å². The highest BCUT2D eigenvalue weighted by atomic mass is 31.2. The first kappa shape index (κ1) is 46.7. The lowest BCUT2D eigenvalue weighted by molar-refractivity contribution is -0.154. The van der Waals surface area contributed by atoms with Gasteiger partial charge in [-0.2, -0.15) is 0 Å². The van der Waals surface area contributed by atoms with Crippen molar-refractivity contribution < 1.29 is 32.8 Å². The number of esters is 1. The number of hydrogen-bond acceptors (Lipinski definition) is 7. The Kier molecular flexibility index (Phi) is 35.2. The molecule has 0 aromatic heterocycles. The van der Waals surface area contributed by atoms with Crippen LogP contribution in [-0.4, -0.2) is 49.9 Å². The van der Waals surface area contributed by atoms with Crippen LogP contribution in [0.2, 0.25) is 0 Å². The number of carbonyl (C=O) groups is 1. The van der Waals surface area contributed by atoms with Crippen LogP contribution in [0.15, 0.2) is 85.1 Å². The van der Waals surface area contributed by atoms with Gasteiger partial charge in [-0.25, -0.2) is 4.57 Å². The summed E-state index contributed by atoms with van der Waals surface area (Å²) in [6, 6.07) is 0. The second kappa shape index (κ2) is 36.9. The minimum atomic E-state index is -4.27. The van der Waals surface area contributed by atoms with Crippen LogP contribution < -0.4 is 5.73 Å². The van der Waals surface area contributed by atoms with Gasteiger partial charge in [0.05, 0.1) is 19.8 Å². The van der Waals surface area contributed by atoms with Crippen LogP contribution in [0.1, 0.15) is 123 Å². The summed E-state index contributed by atoms with van der Waals surface area (Å²) < 4.78 is 32.9. The Morgan fingerprint density at radius 3 is 1.67 bits per heavy atom. The van der Waals surface area contributed by atoms with Gasteiger partial charge in [0.1, 0.15) is 6.10 Å². The summed E-state index contributed by atoms with van der Waals surface area (Å²) in [6.07, 6.45) is 46.6. The molecule has 0 bridgehead atoms. The molecule has 0 amide bonds. The number of rotatable bonds is 34. The number of ether oxygens (including phenoxy) is 2. The summed E-state index contributed by atoms with van der Waals surface area (Å²) in [5.74, 6) is -0.363. The van der Waals surface area contributed by atoms with Crippen molar-refractivity contribution in [2.24, 2.45) is 5.73 Å². The average molecular weight is 706 g/mol. The Morgan fingerprint density at radius 2 is 1.14 bits per heavy atom. The van der Waals surface area contributed by atoms with Crippen LogP contribution in [0.3, 0.4) is 0 Å². The van der Waals surface area contributed by atoms with Gasteiger partial charge in [-0.1, -0.05) is 131 Å². The number of phosphoric acid groups is 1. The maximum atomic E-state index is 12.2. The third-order valence-corrected chi connectivity index (χ3v) is 8.06. The Hall–Kier alpha value is -2.32.